The van der Waals surface area contributed by atoms with E-state index in [9.17, 15) is 0 Å². The third-order valence-electron chi connectivity index (χ3n) is 4.95. The van der Waals surface area contributed by atoms with Gasteiger partial charge in [0, 0.05) is 32.7 Å². The Morgan fingerprint density at radius 1 is 1.11 bits per heavy atom. The quantitative estimate of drug-likeness (QED) is 0.426. The summed E-state index contributed by atoms with van der Waals surface area (Å²) >= 11 is 3.52. The van der Waals surface area contributed by atoms with Gasteiger partial charge in [-0.15, -0.1) is 23.1 Å². The Hall–Kier alpha value is -2.57. The van der Waals surface area contributed by atoms with Crippen LogP contribution >= 0.6 is 23.1 Å². The van der Waals surface area contributed by atoms with Gasteiger partial charge in [-0.3, -0.25) is 0 Å². The predicted molar refractivity (Wildman–Crippen MR) is 116 cm³/mol. The zero-order chi connectivity index (χ0) is 19.3. The van der Waals surface area contributed by atoms with Crippen LogP contribution in [0.3, 0.4) is 0 Å². The van der Waals surface area contributed by atoms with Crippen LogP contribution in [0.25, 0.3) is 27.6 Å². The van der Waals surface area contributed by atoms with Crippen molar-refractivity contribution in [3.05, 3.63) is 64.7 Å². The minimum atomic E-state index is 0.847. The summed E-state index contributed by atoms with van der Waals surface area (Å²) in [6.07, 6.45) is 1.98. The highest BCUT2D eigenvalue weighted by atomic mass is 32.2. The first-order chi connectivity index (χ1) is 13.6. The summed E-state index contributed by atoms with van der Waals surface area (Å²) in [6, 6.07) is 12.5. The van der Waals surface area contributed by atoms with Gasteiger partial charge in [-0.1, -0.05) is 11.6 Å². The Bertz CT molecular complexity index is 1180. The molecule has 2 aromatic carbocycles. The number of methoxy groups -OCH3 is 1. The van der Waals surface area contributed by atoms with Crippen molar-refractivity contribution in [1.82, 2.24) is 14.8 Å². The fraction of sp³-hybridized carbons (Fsp3) is 0.182. The van der Waals surface area contributed by atoms with Crippen LogP contribution in [0.2, 0.25) is 0 Å². The van der Waals surface area contributed by atoms with Crippen molar-refractivity contribution in [3.63, 3.8) is 0 Å². The van der Waals surface area contributed by atoms with E-state index >= 15 is 0 Å². The number of fused-ring (bicyclic) bond motifs is 3. The van der Waals surface area contributed by atoms with Crippen molar-refractivity contribution in [1.29, 1.82) is 0 Å². The van der Waals surface area contributed by atoms with Crippen LogP contribution in [0.4, 0.5) is 0 Å². The lowest BCUT2D eigenvalue weighted by atomic mass is 10.0. The molecule has 4 nitrogen and oxygen atoms in total. The molecular weight excluding hydrogens is 386 g/mol. The van der Waals surface area contributed by atoms with E-state index in [1.165, 1.54) is 32.8 Å². The van der Waals surface area contributed by atoms with Crippen LogP contribution in [0.5, 0.6) is 5.75 Å². The number of ether oxygens (including phenoxy) is 1. The number of hydrogen-bond acceptors (Lipinski definition) is 5. The molecule has 6 heteroatoms. The summed E-state index contributed by atoms with van der Waals surface area (Å²) < 4.78 is 7.25. The number of benzene rings is 2. The molecule has 0 amide bonds. The van der Waals surface area contributed by atoms with Crippen LogP contribution in [0.1, 0.15) is 16.7 Å². The smallest absolute Gasteiger partial charge is 0.211 e. The number of aromatic nitrogens is 3. The van der Waals surface area contributed by atoms with Crippen molar-refractivity contribution in [2.75, 3.05) is 7.11 Å². The van der Waals surface area contributed by atoms with Gasteiger partial charge in [0.1, 0.15) is 5.75 Å². The highest BCUT2D eigenvalue weighted by molar-refractivity contribution is 7.98. The highest BCUT2D eigenvalue weighted by Gasteiger charge is 2.25. The van der Waals surface area contributed by atoms with Crippen molar-refractivity contribution >= 4 is 23.1 Å². The van der Waals surface area contributed by atoms with Crippen LogP contribution in [-0.2, 0) is 5.75 Å². The topological polar surface area (TPSA) is 39.9 Å². The van der Waals surface area contributed by atoms with Crippen LogP contribution in [0, 0.1) is 13.8 Å². The predicted octanol–water partition coefficient (Wildman–Crippen LogP) is 5.89. The third kappa shape index (κ3) is 2.84. The standard InChI is InChI=1S/C22H19N3OS2/c1-13-8-14(2)21-18(9-13)20-16(11-27-21)10-23-25(20)22-24-19(12-28-22)15-4-6-17(26-3)7-5-15/h4-10,12H,11H2,1-3H3. The first-order valence-electron chi connectivity index (χ1n) is 9.05. The van der Waals surface area contributed by atoms with Crippen LogP contribution in [0.15, 0.2) is 52.9 Å². The molecule has 0 saturated heterocycles. The summed E-state index contributed by atoms with van der Waals surface area (Å²) in [5, 5.41) is 7.67. The van der Waals surface area contributed by atoms with Crippen molar-refractivity contribution in [2.45, 2.75) is 24.5 Å². The van der Waals surface area contributed by atoms with E-state index in [0.29, 0.717) is 0 Å². The van der Waals surface area contributed by atoms with Gasteiger partial charge >= 0.3 is 0 Å². The highest BCUT2D eigenvalue weighted by Crippen LogP contribution is 2.44. The number of hydrogen-bond donors (Lipinski definition) is 0. The van der Waals surface area contributed by atoms with Gasteiger partial charge in [0.2, 0.25) is 5.13 Å². The van der Waals surface area contributed by atoms with Crippen molar-refractivity contribution in [2.24, 2.45) is 0 Å². The number of nitrogens with zero attached hydrogens (tertiary/aromatic N) is 3. The second-order valence-electron chi connectivity index (χ2n) is 6.92. The number of rotatable bonds is 3. The van der Waals surface area contributed by atoms with Crippen LogP contribution in [-0.4, -0.2) is 21.9 Å². The summed E-state index contributed by atoms with van der Waals surface area (Å²) in [5.74, 6) is 1.79. The monoisotopic (exact) mass is 405 g/mol. The number of aryl methyl sites for hydroxylation is 2. The summed E-state index contributed by atoms with van der Waals surface area (Å²) in [5.41, 5.74) is 8.35. The molecule has 0 saturated carbocycles. The molecule has 140 valence electrons. The molecule has 0 spiro atoms. The molecule has 5 rings (SSSR count). The van der Waals surface area contributed by atoms with Gasteiger partial charge in [-0.2, -0.15) is 5.10 Å². The largest absolute Gasteiger partial charge is 0.497 e. The van der Waals surface area contributed by atoms with E-state index in [2.05, 4.69) is 31.4 Å². The molecule has 0 aliphatic carbocycles. The first kappa shape index (κ1) is 17.5. The molecular formula is C22H19N3OS2. The van der Waals surface area contributed by atoms with E-state index in [-0.39, 0.29) is 0 Å². The SMILES string of the molecule is COc1ccc(-c2csc(-n3ncc4c3-c3cc(C)cc(C)c3SC4)n2)cc1. The molecule has 1 aliphatic heterocycles. The fourth-order valence-electron chi connectivity index (χ4n) is 3.65. The second-order valence-corrected chi connectivity index (χ2v) is 8.74. The molecule has 3 heterocycles. The van der Waals surface area contributed by atoms with E-state index in [4.69, 9.17) is 14.8 Å². The molecule has 0 fully saturated rings. The molecule has 0 unspecified atom stereocenters. The number of thiazole rings is 1. The van der Waals surface area contributed by atoms with E-state index in [1.54, 1.807) is 18.4 Å². The molecule has 0 N–H and O–H groups in total. The molecule has 4 aromatic rings. The Morgan fingerprint density at radius 3 is 2.71 bits per heavy atom. The number of thioether (sulfide) groups is 1. The minimum Gasteiger partial charge on any atom is -0.497 e. The molecule has 0 atom stereocenters. The Labute approximate surface area is 172 Å². The first-order valence-corrected chi connectivity index (χ1v) is 10.9. The van der Waals surface area contributed by atoms with Gasteiger partial charge in [-0.25, -0.2) is 9.67 Å². The Kier molecular flexibility index (Phi) is 4.25. The summed E-state index contributed by atoms with van der Waals surface area (Å²) in [4.78, 5) is 6.23. The Morgan fingerprint density at radius 2 is 1.93 bits per heavy atom. The maximum Gasteiger partial charge on any atom is 0.211 e. The van der Waals surface area contributed by atoms with Crippen LogP contribution < -0.4 is 4.74 Å². The fourth-order valence-corrected chi connectivity index (χ4v) is 5.55. The molecule has 0 bridgehead atoms. The van der Waals surface area contributed by atoms with Gasteiger partial charge in [0.05, 0.1) is 24.7 Å². The van der Waals surface area contributed by atoms with Crippen molar-refractivity contribution < 1.29 is 4.74 Å². The van der Waals surface area contributed by atoms with E-state index < -0.39 is 0 Å². The van der Waals surface area contributed by atoms with Gasteiger partial charge in [0.15, 0.2) is 0 Å². The zero-order valence-electron chi connectivity index (χ0n) is 15.9. The maximum atomic E-state index is 5.25. The lowest BCUT2D eigenvalue weighted by molar-refractivity contribution is 0.415. The zero-order valence-corrected chi connectivity index (χ0v) is 17.5. The molecule has 28 heavy (non-hydrogen) atoms. The summed E-state index contributed by atoms with van der Waals surface area (Å²) in [7, 11) is 1.68. The second kappa shape index (κ2) is 6.79. The van der Waals surface area contributed by atoms with Gasteiger partial charge < -0.3 is 4.74 Å². The van der Waals surface area contributed by atoms with Gasteiger partial charge in [0.25, 0.3) is 0 Å². The third-order valence-corrected chi connectivity index (χ3v) is 7.05. The molecule has 1 aliphatic rings. The lowest BCUT2D eigenvalue weighted by Crippen LogP contribution is -2.04. The van der Waals surface area contributed by atoms with Gasteiger partial charge in [-0.05, 0) is 49.7 Å². The average Bonchev–Trinajstić information content (AvgIpc) is 3.35. The van der Waals surface area contributed by atoms with E-state index in [0.717, 1.165) is 27.9 Å². The summed E-state index contributed by atoms with van der Waals surface area (Å²) in [6.45, 7) is 4.34. The van der Waals surface area contributed by atoms with Crippen molar-refractivity contribution in [3.8, 4) is 33.4 Å². The molecule has 2 aromatic heterocycles. The Balaban J connectivity index is 1.59. The minimum absolute atomic E-state index is 0.847. The average molecular weight is 406 g/mol. The van der Waals surface area contributed by atoms with E-state index in [1.807, 2.05) is 46.9 Å². The lowest BCUT2D eigenvalue weighted by Gasteiger charge is -2.20. The maximum absolute atomic E-state index is 5.25. The molecule has 0 radical (unpaired) electrons. The normalized spacial score (nSPS) is 12.5.